The van der Waals surface area contributed by atoms with E-state index >= 15 is 0 Å². The average Bonchev–Trinajstić information content (AvgIpc) is 2.58. The predicted molar refractivity (Wildman–Crippen MR) is 44.3 cm³/mol. The van der Waals surface area contributed by atoms with Gasteiger partial charge in [-0.15, -0.1) is 11.3 Å². The minimum atomic E-state index is -0.368. The van der Waals surface area contributed by atoms with Gasteiger partial charge in [0, 0.05) is 5.56 Å². The molecule has 12 heavy (non-hydrogen) atoms. The fourth-order valence-corrected chi connectivity index (χ4v) is 2.00. The second-order valence-corrected chi connectivity index (χ2v) is 3.29. The van der Waals surface area contributed by atoms with E-state index in [9.17, 15) is 14.7 Å². The Morgan fingerprint density at radius 3 is 2.83 bits per heavy atom. The molecule has 0 fully saturated rings. The molecule has 0 bridgehead atoms. The van der Waals surface area contributed by atoms with Gasteiger partial charge in [-0.05, 0) is 11.4 Å². The molecule has 4 heteroatoms. The molecule has 1 aliphatic rings. The Labute approximate surface area is 72.0 Å². The molecule has 0 amide bonds. The summed E-state index contributed by atoms with van der Waals surface area (Å²) in [5, 5.41) is 11.0. The van der Waals surface area contributed by atoms with Crippen LogP contribution >= 0.6 is 11.3 Å². The van der Waals surface area contributed by atoms with Crippen molar-refractivity contribution >= 4 is 29.2 Å². The number of hydrogen-bond donors (Lipinski definition) is 1. The Morgan fingerprint density at radius 1 is 1.50 bits per heavy atom. The van der Waals surface area contributed by atoms with Crippen LogP contribution in [0.4, 0.5) is 0 Å². The lowest BCUT2D eigenvalue weighted by Crippen LogP contribution is -1.97. The summed E-state index contributed by atoms with van der Waals surface area (Å²) in [6.07, 6.45) is 0.393. The Kier molecular flexibility index (Phi) is 1.38. The molecule has 0 aromatic carbocycles. The van der Waals surface area contributed by atoms with Gasteiger partial charge in [0.15, 0.2) is 6.29 Å². The van der Waals surface area contributed by atoms with Crippen molar-refractivity contribution in [1.29, 1.82) is 0 Å². The summed E-state index contributed by atoms with van der Waals surface area (Å²) in [5.41, 5.74) is 0.351. The highest BCUT2D eigenvalue weighted by atomic mass is 32.1. The third-order valence-corrected chi connectivity index (χ3v) is 2.66. The first-order valence-corrected chi connectivity index (χ1v) is 4.14. The molecule has 0 atom stereocenters. The third-order valence-electron chi connectivity index (χ3n) is 1.74. The molecule has 2 rings (SSSR count). The topological polar surface area (TPSA) is 54.4 Å². The van der Waals surface area contributed by atoms with Gasteiger partial charge in [-0.25, -0.2) is 0 Å². The van der Waals surface area contributed by atoms with Crippen LogP contribution in [0.1, 0.15) is 15.2 Å². The van der Waals surface area contributed by atoms with Crippen LogP contribution in [-0.2, 0) is 4.79 Å². The van der Waals surface area contributed by atoms with Gasteiger partial charge in [0.1, 0.15) is 11.3 Å². The lowest BCUT2D eigenvalue weighted by atomic mass is 10.2. The highest BCUT2D eigenvalue weighted by molar-refractivity contribution is 7.13. The molecule has 0 spiro atoms. The highest BCUT2D eigenvalue weighted by Gasteiger charge is 2.30. The van der Waals surface area contributed by atoms with Crippen molar-refractivity contribution in [3.63, 3.8) is 0 Å². The molecule has 3 nitrogen and oxygen atoms in total. The highest BCUT2D eigenvalue weighted by Crippen LogP contribution is 2.33. The monoisotopic (exact) mass is 180 g/mol. The summed E-state index contributed by atoms with van der Waals surface area (Å²) in [6, 6.07) is 1.63. The largest absolute Gasteiger partial charge is 0.506 e. The maximum absolute atomic E-state index is 11.3. The van der Waals surface area contributed by atoms with Crippen molar-refractivity contribution in [3.05, 3.63) is 27.5 Å². The SMILES string of the molecule is O=CC1=C(O)c2ccsc2C1=O. The van der Waals surface area contributed by atoms with E-state index in [1.807, 2.05) is 0 Å². The minimum Gasteiger partial charge on any atom is -0.506 e. The number of carbonyl (C=O) groups is 2. The van der Waals surface area contributed by atoms with Crippen LogP contribution < -0.4 is 0 Å². The van der Waals surface area contributed by atoms with E-state index in [2.05, 4.69) is 0 Å². The lowest BCUT2D eigenvalue weighted by molar-refractivity contribution is -0.104. The van der Waals surface area contributed by atoms with Crippen LogP contribution in [0.15, 0.2) is 17.0 Å². The predicted octanol–water partition coefficient (Wildman–Crippen LogP) is 1.41. The van der Waals surface area contributed by atoms with Gasteiger partial charge in [-0.3, -0.25) is 9.59 Å². The number of Topliss-reactive ketones (excluding diaryl/α,β-unsaturated/α-hetero) is 1. The van der Waals surface area contributed by atoms with E-state index < -0.39 is 0 Å². The summed E-state index contributed by atoms with van der Waals surface area (Å²) < 4.78 is 0. The molecule has 1 N–H and O–H groups in total. The van der Waals surface area contributed by atoms with Gasteiger partial charge in [0.2, 0.25) is 5.78 Å². The normalized spacial score (nSPS) is 15.2. The van der Waals surface area contributed by atoms with Crippen molar-refractivity contribution in [2.45, 2.75) is 0 Å². The molecule has 0 aliphatic heterocycles. The van der Waals surface area contributed by atoms with Crippen LogP contribution in [0.25, 0.3) is 5.76 Å². The first-order valence-electron chi connectivity index (χ1n) is 3.26. The fraction of sp³-hybridized carbons (Fsp3) is 0. The number of carbonyl (C=O) groups excluding carboxylic acids is 2. The number of fused-ring (bicyclic) bond motifs is 1. The van der Waals surface area contributed by atoms with Crippen molar-refractivity contribution in [3.8, 4) is 0 Å². The Hall–Kier alpha value is -1.42. The molecule has 0 radical (unpaired) electrons. The average molecular weight is 180 g/mol. The summed E-state index contributed by atoms with van der Waals surface area (Å²) in [7, 11) is 0. The van der Waals surface area contributed by atoms with Crippen molar-refractivity contribution in [1.82, 2.24) is 0 Å². The van der Waals surface area contributed by atoms with Gasteiger partial charge in [0.25, 0.3) is 0 Å². The molecule has 0 saturated heterocycles. The number of ketones is 1. The summed E-state index contributed by atoms with van der Waals surface area (Å²) in [5.74, 6) is -0.557. The maximum Gasteiger partial charge on any atom is 0.210 e. The van der Waals surface area contributed by atoms with Crippen LogP contribution in [0, 0.1) is 0 Å². The number of allylic oxidation sites excluding steroid dienone is 1. The molecule has 1 aromatic heterocycles. The maximum atomic E-state index is 11.3. The second kappa shape index (κ2) is 2.28. The number of aliphatic hydroxyl groups is 1. The number of hydrogen-bond acceptors (Lipinski definition) is 4. The summed E-state index contributed by atoms with van der Waals surface area (Å²) >= 11 is 1.23. The van der Waals surface area contributed by atoms with Crippen LogP contribution in [-0.4, -0.2) is 17.2 Å². The molecular weight excluding hydrogens is 176 g/mol. The standard InChI is InChI=1S/C8H4O3S/c9-3-5-6(10)4-1-2-12-8(4)7(5)11/h1-3,10H. The lowest BCUT2D eigenvalue weighted by Gasteiger charge is -1.88. The summed E-state index contributed by atoms with van der Waals surface area (Å²) in [6.45, 7) is 0. The number of thiophene rings is 1. The molecule has 0 unspecified atom stereocenters. The first kappa shape index (κ1) is 7.24. The zero-order valence-corrected chi connectivity index (χ0v) is 6.72. The quantitative estimate of drug-likeness (QED) is 0.525. The van der Waals surface area contributed by atoms with E-state index in [0.29, 0.717) is 16.7 Å². The fourth-order valence-electron chi connectivity index (χ4n) is 1.16. The van der Waals surface area contributed by atoms with Crippen molar-refractivity contribution in [2.75, 3.05) is 0 Å². The molecule has 1 heterocycles. The van der Waals surface area contributed by atoms with Gasteiger partial charge in [0.05, 0.1) is 4.88 Å². The number of rotatable bonds is 1. The van der Waals surface area contributed by atoms with Crippen molar-refractivity contribution < 1.29 is 14.7 Å². The van der Waals surface area contributed by atoms with Gasteiger partial charge in [-0.2, -0.15) is 0 Å². The van der Waals surface area contributed by atoms with Crippen LogP contribution in [0.5, 0.6) is 0 Å². The Balaban J connectivity index is 2.70. The second-order valence-electron chi connectivity index (χ2n) is 2.37. The zero-order valence-electron chi connectivity index (χ0n) is 5.90. The third kappa shape index (κ3) is 0.698. The zero-order chi connectivity index (χ0) is 8.72. The molecule has 1 aliphatic carbocycles. The van der Waals surface area contributed by atoms with E-state index in [-0.39, 0.29) is 17.1 Å². The van der Waals surface area contributed by atoms with E-state index in [4.69, 9.17) is 0 Å². The van der Waals surface area contributed by atoms with Gasteiger partial charge in [-0.1, -0.05) is 0 Å². The smallest absolute Gasteiger partial charge is 0.210 e. The molecule has 0 saturated carbocycles. The van der Waals surface area contributed by atoms with Gasteiger partial charge >= 0.3 is 0 Å². The van der Waals surface area contributed by atoms with E-state index in [0.717, 1.165) is 0 Å². The van der Waals surface area contributed by atoms with Gasteiger partial charge < -0.3 is 5.11 Å². The van der Waals surface area contributed by atoms with E-state index in [1.54, 1.807) is 11.4 Å². The number of aliphatic hydroxyl groups excluding tert-OH is 1. The van der Waals surface area contributed by atoms with Crippen LogP contribution in [0.3, 0.4) is 0 Å². The minimum absolute atomic E-state index is 0.128. The van der Waals surface area contributed by atoms with Crippen molar-refractivity contribution in [2.24, 2.45) is 0 Å². The Morgan fingerprint density at radius 2 is 2.25 bits per heavy atom. The first-order chi connectivity index (χ1) is 5.75. The number of aldehydes is 1. The van der Waals surface area contributed by atoms with Crippen LogP contribution in [0.2, 0.25) is 0 Å². The molecule has 60 valence electrons. The summed E-state index contributed by atoms with van der Waals surface area (Å²) in [4.78, 5) is 22.1. The van der Waals surface area contributed by atoms with E-state index in [1.165, 1.54) is 11.3 Å². The molecule has 1 aromatic rings. The molecular formula is C8H4O3S. The Bertz CT molecular complexity index is 400.